The van der Waals surface area contributed by atoms with Crippen molar-refractivity contribution in [2.45, 2.75) is 32.4 Å². The second-order valence-electron chi connectivity index (χ2n) is 6.27. The smallest absolute Gasteiger partial charge is 0.309 e. The molecule has 0 aromatic heterocycles. The zero-order valence-electron chi connectivity index (χ0n) is 14.7. The predicted molar refractivity (Wildman–Crippen MR) is 96.8 cm³/mol. The van der Waals surface area contributed by atoms with E-state index in [4.69, 9.17) is 9.47 Å². The number of ether oxygens (including phenoxy) is 2. The summed E-state index contributed by atoms with van der Waals surface area (Å²) in [6.07, 6.45) is 1.62. The number of nitrogens with one attached hydrogen (secondary N) is 2. The molecular formula is C20H22N2O4. The van der Waals surface area contributed by atoms with Gasteiger partial charge in [-0.25, -0.2) is 0 Å². The van der Waals surface area contributed by atoms with Crippen LogP contribution in [0.4, 0.5) is 0 Å². The second kappa shape index (κ2) is 8.38. The summed E-state index contributed by atoms with van der Waals surface area (Å²) in [5.74, 6) is 0.0707. The van der Waals surface area contributed by atoms with Gasteiger partial charge >= 0.3 is 11.8 Å². The fourth-order valence-corrected chi connectivity index (χ4v) is 2.70. The Morgan fingerprint density at radius 2 is 1.77 bits per heavy atom. The molecule has 2 aromatic carbocycles. The summed E-state index contributed by atoms with van der Waals surface area (Å²) in [7, 11) is 0. The lowest BCUT2D eigenvalue weighted by atomic mass is 10.1. The Balaban J connectivity index is 1.42. The summed E-state index contributed by atoms with van der Waals surface area (Å²) in [6, 6.07) is 15.4. The quantitative estimate of drug-likeness (QED) is 0.780. The first-order valence-corrected chi connectivity index (χ1v) is 8.63. The molecule has 1 aliphatic heterocycles. The van der Waals surface area contributed by atoms with Gasteiger partial charge in [0, 0.05) is 12.6 Å². The Labute approximate surface area is 152 Å². The normalized spacial score (nSPS) is 13.1. The van der Waals surface area contributed by atoms with Crippen LogP contribution >= 0.6 is 0 Å². The van der Waals surface area contributed by atoms with E-state index in [9.17, 15) is 9.59 Å². The highest BCUT2D eigenvalue weighted by Crippen LogP contribution is 2.32. The van der Waals surface area contributed by atoms with E-state index in [1.165, 1.54) is 5.56 Å². The number of hydrogen-bond donors (Lipinski definition) is 2. The molecule has 0 saturated heterocycles. The minimum atomic E-state index is -0.644. The van der Waals surface area contributed by atoms with Crippen LogP contribution in [-0.4, -0.2) is 24.6 Å². The lowest BCUT2D eigenvalue weighted by Crippen LogP contribution is -2.43. The van der Waals surface area contributed by atoms with Crippen molar-refractivity contribution in [1.29, 1.82) is 0 Å². The number of fused-ring (bicyclic) bond motifs is 1. The Bertz CT molecular complexity index is 777. The summed E-state index contributed by atoms with van der Waals surface area (Å²) < 4.78 is 10.5. The van der Waals surface area contributed by atoms with Crippen molar-refractivity contribution in [3.8, 4) is 11.5 Å². The number of hydrogen-bond acceptors (Lipinski definition) is 4. The van der Waals surface area contributed by atoms with E-state index in [1.54, 1.807) is 12.1 Å². The molecule has 2 amide bonds. The molecule has 2 aromatic rings. The molecule has 2 N–H and O–H groups in total. The highest BCUT2D eigenvalue weighted by molar-refractivity contribution is 6.35. The molecule has 1 heterocycles. The average molecular weight is 354 g/mol. The van der Waals surface area contributed by atoms with Crippen molar-refractivity contribution in [2.75, 3.05) is 6.79 Å². The number of carbonyl (C=O) groups excluding carboxylic acids is 2. The van der Waals surface area contributed by atoms with Gasteiger partial charge in [-0.05, 0) is 43.0 Å². The van der Waals surface area contributed by atoms with E-state index in [2.05, 4.69) is 10.6 Å². The summed E-state index contributed by atoms with van der Waals surface area (Å²) in [5.41, 5.74) is 2.05. The molecule has 0 spiro atoms. The molecule has 6 nitrogen and oxygen atoms in total. The molecule has 1 atom stereocenters. The van der Waals surface area contributed by atoms with Crippen LogP contribution in [0.15, 0.2) is 48.5 Å². The highest BCUT2D eigenvalue weighted by atomic mass is 16.7. The summed E-state index contributed by atoms with van der Waals surface area (Å²) in [6.45, 7) is 2.35. The topological polar surface area (TPSA) is 76.7 Å². The molecule has 0 unspecified atom stereocenters. The Morgan fingerprint density at radius 1 is 1.00 bits per heavy atom. The molecule has 0 radical (unpaired) electrons. The fourth-order valence-electron chi connectivity index (χ4n) is 2.70. The summed E-state index contributed by atoms with van der Waals surface area (Å²) in [4.78, 5) is 24.0. The molecular weight excluding hydrogens is 332 g/mol. The maximum Gasteiger partial charge on any atom is 0.309 e. The lowest BCUT2D eigenvalue weighted by molar-refractivity contribution is -0.139. The van der Waals surface area contributed by atoms with Crippen LogP contribution in [0.3, 0.4) is 0 Å². The van der Waals surface area contributed by atoms with Gasteiger partial charge in [-0.1, -0.05) is 36.4 Å². The predicted octanol–water partition coefficient (Wildman–Crippen LogP) is 2.17. The van der Waals surface area contributed by atoms with E-state index in [1.807, 2.05) is 43.3 Å². The van der Waals surface area contributed by atoms with Crippen LogP contribution < -0.4 is 20.1 Å². The molecule has 6 heteroatoms. The third kappa shape index (κ3) is 4.75. The van der Waals surface area contributed by atoms with E-state index < -0.39 is 11.8 Å². The second-order valence-corrected chi connectivity index (χ2v) is 6.27. The highest BCUT2D eigenvalue weighted by Gasteiger charge is 2.17. The maximum atomic E-state index is 12.0. The van der Waals surface area contributed by atoms with E-state index in [-0.39, 0.29) is 19.4 Å². The van der Waals surface area contributed by atoms with E-state index >= 15 is 0 Å². The van der Waals surface area contributed by atoms with Gasteiger partial charge in [-0.2, -0.15) is 0 Å². The Morgan fingerprint density at radius 3 is 2.58 bits per heavy atom. The first kappa shape index (κ1) is 17.8. The van der Waals surface area contributed by atoms with Crippen molar-refractivity contribution < 1.29 is 19.1 Å². The van der Waals surface area contributed by atoms with Crippen molar-refractivity contribution in [3.63, 3.8) is 0 Å². The van der Waals surface area contributed by atoms with Crippen LogP contribution in [0.5, 0.6) is 11.5 Å². The van der Waals surface area contributed by atoms with E-state index in [0.29, 0.717) is 11.5 Å². The molecule has 0 aliphatic carbocycles. The summed E-state index contributed by atoms with van der Waals surface area (Å²) in [5, 5.41) is 5.35. The van der Waals surface area contributed by atoms with Gasteiger partial charge in [0.15, 0.2) is 11.5 Å². The molecule has 136 valence electrons. The summed E-state index contributed by atoms with van der Waals surface area (Å²) >= 11 is 0. The minimum absolute atomic E-state index is 0.0843. The zero-order chi connectivity index (χ0) is 18.4. The van der Waals surface area contributed by atoms with E-state index in [0.717, 1.165) is 18.4 Å². The van der Waals surface area contributed by atoms with Gasteiger partial charge in [0.05, 0.1) is 0 Å². The van der Waals surface area contributed by atoms with Crippen molar-refractivity contribution in [3.05, 3.63) is 59.7 Å². The third-order valence-electron chi connectivity index (χ3n) is 4.18. The molecule has 0 fully saturated rings. The first-order valence-electron chi connectivity index (χ1n) is 8.63. The molecule has 3 rings (SSSR count). The number of carbonyl (C=O) groups is 2. The number of rotatable bonds is 6. The largest absolute Gasteiger partial charge is 0.454 e. The SMILES string of the molecule is C[C@@H](CCc1ccccc1)NC(=O)C(=O)NCc1ccc2c(c1)OCO2. The van der Waals surface area contributed by atoms with Crippen molar-refractivity contribution >= 4 is 11.8 Å². The van der Waals surface area contributed by atoms with Gasteiger partial charge in [0.1, 0.15) is 0 Å². The van der Waals surface area contributed by atoms with Crippen LogP contribution in [0.2, 0.25) is 0 Å². The van der Waals surface area contributed by atoms with Gasteiger partial charge in [-0.15, -0.1) is 0 Å². The fraction of sp³-hybridized carbons (Fsp3) is 0.300. The van der Waals surface area contributed by atoms with Gasteiger partial charge in [-0.3, -0.25) is 9.59 Å². The van der Waals surface area contributed by atoms with Crippen LogP contribution in [0, 0.1) is 0 Å². The van der Waals surface area contributed by atoms with Gasteiger partial charge < -0.3 is 20.1 Å². The van der Waals surface area contributed by atoms with Gasteiger partial charge in [0.25, 0.3) is 0 Å². The molecule has 0 bridgehead atoms. The maximum absolute atomic E-state index is 12.0. The Kier molecular flexibility index (Phi) is 5.73. The first-order chi connectivity index (χ1) is 12.6. The lowest BCUT2D eigenvalue weighted by Gasteiger charge is -2.14. The van der Waals surface area contributed by atoms with Crippen molar-refractivity contribution in [1.82, 2.24) is 10.6 Å². The standard InChI is InChI=1S/C20H22N2O4/c1-14(7-8-15-5-3-2-4-6-15)22-20(24)19(23)21-12-16-9-10-17-18(11-16)26-13-25-17/h2-6,9-11,14H,7-8,12-13H2,1H3,(H,21,23)(H,22,24)/t14-/m0/s1. The van der Waals surface area contributed by atoms with Gasteiger partial charge in [0.2, 0.25) is 6.79 Å². The minimum Gasteiger partial charge on any atom is -0.454 e. The average Bonchev–Trinajstić information content (AvgIpc) is 3.13. The molecule has 0 saturated carbocycles. The zero-order valence-corrected chi connectivity index (χ0v) is 14.7. The number of amides is 2. The number of benzene rings is 2. The third-order valence-corrected chi connectivity index (χ3v) is 4.18. The van der Waals surface area contributed by atoms with Crippen LogP contribution in [0.25, 0.3) is 0 Å². The Hall–Kier alpha value is -3.02. The van der Waals surface area contributed by atoms with Crippen molar-refractivity contribution in [2.24, 2.45) is 0 Å². The number of aryl methyl sites for hydroxylation is 1. The molecule has 1 aliphatic rings. The van der Waals surface area contributed by atoms with Crippen LogP contribution in [0.1, 0.15) is 24.5 Å². The molecule has 26 heavy (non-hydrogen) atoms. The van der Waals surface area contributed by atoms with Crippen LogP contribution in [-0.2, 0) is 22.6 Å². The monoisotopic (exact) mass is 354 g/mol.